The first-order valence-electron chi connectivity index (χ1n) is 9.94. The van der Waals surface area contributed by atoms with E-state index < -0.39 is 5.91 Å². The smallest absolute Gasteiger partial charge is 0.255 e. The normalized spacial score (nSPS) is 11.8. The molecule has 0 fully saturated rings. The number of amides is 1. The van der Waals surface area contributed by atoms with Crippen LogP contribution in [0.25, 0.3) is 0 Å². The molecule has 2 aromatic rings. The minimum atomic E-state index is -0.525. The summed E-state index contributed by atoms with van der Waals surface area (Å²) >= 11 is 0. The third kappa shape index (κ3) is 10.3. The molecule has 9 heteroatoms. The molecule has 0 aromatic heterocycles. The lowest BCUT2D eigenvalue weighted by Gasteiger charge is -2.20. The van der Waals surface area contributed by atoms with E-state index in [1.807, 2.05) is 32.0 Å². The van der Waals surface area contributed by atoms with Crippen molar-refractivity contribution in [1.82, 2.24) is 10.6 Å². The van der Waals surface area contributed by atoms with E-state index in [9.17, 15) is 9.18 Å². The molecule has 1 atom stereocenters. The van der Waals surface area contributed by atoms with Crippen LogP contribution in [-0.2, 0) is 11.3 Å². The zero-order chi connectivity index (χ0) is 21.8. The molecule has 2 rings (SSSR count). The number of nitrogens with two attached hydrogens (primary N) is 1. The number of benzene rings is 2. The quantitative estimate of drug-likeness (QED) is 0.229. The van der Waals surface area contributed by atoms with Crippen molar-refractivity contribution in [3.8, 4) is 11.5 Å². The van der Waals surface area contributed by atoms with Gasteiger partial charge in [-0.1, -0.05) is 25.1 Å². The van der Waals surface area contributed by atoms with Gasteiger partial charge in [0.15, 0.2) is 12.6 Å². The highest BCUT2D eigenvalue weighted by atomic mass is 127. The zero-order valence-corrected chi connectivity index (χ0v) is 20.1. The number of ether oxygens (including phenoxy) is 2. The summed E-state index contributed by atoms with van der Waals surface area (Å²) in [5.74, 6) is 0.852. The Morgan fingerprint density at radius 1 is 1.13 bits per heavy atom. The van der Waals surface area contributed by atoms with E-state index in [1.165, 1.54) is 12.1 Å². The maximum atomic E-state index is 13.4. The molecule has 170 valence electrons. The van der Waals surface area contributed by atoms with Crippen LogP contribution in [0, 0.1) is 5.82 Å². The van der Waals surface area contributed by atoms with Crippen LogP contribution in [0.2, 0.25) is 0 Å². The van der Waals surface area contributed by atoms with Crippen LogP contribution >= 0.6 is 24.0 Å². The van der Waals surface area contributed by atoms with Crippen molar-refractivity contribution in [2.75, 3.05) is 19.7 Å². The van der Waals surface area contributed by atoms with E-state index in [-0.39, 0.29) is 42.5 Å². The largest absolute Gasteiger partial charge is 0.489 e. The Balaban J connectivity index is 0.00000480. The zero-order valence-electron chi connectivity index (χ0n) is 17.8. The second-order valence-electron chi connectivity index (χ2n) is 6.58. The third-order valence-electron chi connectivity index (χ3n) is 4.09. The highest BCUT2D eigenvalue weighted by Crippen LogP contribution is 2.15. The molecule has 0 bridgehead atoms. The van der Waals surface area contributed by atoms with Crippen molar-refractivity contribution in [2.45, 2.75) is 32.9 Å². The van der Waals surface area contributed by atoms with Crippen LogP contribution in [0.1, 0.15) is 25.8 Å². The van der Waals surface area contributed by atoms with Crippen molar-refractivity contribution in [2.24, 2.45) is 10.7 Å². The molecule has 0 aliphatic rings. The molecule has 0 aliphatic carbocycles. The van der Waals surface area contributed by atoms with Crippen molar-refractivity contribution >= 4 is 35.8 Å². The molecule has 31 heavy (non-hydrogen) atoms. The predicted molar refractivity (Wildman–Crippen MR) is 130 cm³/mol. The van der Waals surface area contributed by atoms with Crippen LogP contribution in [-0.4, -0.2) is 37.7 Å². The second-order valence-corrected chi connectivity index (χ2v) is 6.58. The van der Waals surface area contributed by atoms with Gasteiger partial charge in [0.05, 0.1) is 13.1 Å². The van der Waals surface area contributed by atoms with Gasteiger partial charge in [-0.25, -0.2) is 9.38 Å². The van der Waals surface area contributed by atoms with Crippen LogP contribution in [0.3, 0.4) is 0 Å². The van der Waals surface area contributed by atoms with Gasteiger partial charge >= 0.3 is 0 Å². The van der Waals surface area contributed by atoms with Crippen LogP contribution in [0.15, 0.2) is 53.5 Å². The average molecular weight is 544 g/mol. The van der Waals surface area contributed by atoms with Gasteiger partial charge in [-0.2, -0.15) is 0 Å². The molecule has 0 radical (unpaired) electrons. The molecule has 0 heterocycles. The highest BCUT2D eigenvalue weighted by molar-refractivity contribution is 14.0. The summed E-state index contributed by atoms with van der Waals surface area (Å²) in [6, 6.07) is 13.4. The Labute approximate surface area is 199 Å². The summed E-state index contributed by atoms with van der Waals surface area (Å²) in [6.45, 7) is 5.46. The summed E-state index contributed by atoms with van der Waals surface area (Å²) in [5.41, 5.74) is 6.03. The minimum Gasteiger partial charge on any atom is -0.489 e. The summed E-state index contributed by atoms with van der Waals surface area (Å²) < 4.78 is 24.5. The van der Waals surface area contributed by atoms with Crippen molar-refractivity contribution in [3.05, 3.63) is 59.9 Å². The lowest BCUT2D eigenvalue weighted by molar-refractivity contribution is -0.119. The van der Waals surface area contributed by atoms with Gasteiger partial charge in [0.25, 0.3) is 5.91 Å². The maximum Gasteiger partial charge on any atom is 0.255 e. The number of carbonyl (C=O) groups excluding carboxylic acids is 1. The number of halogens is 2. The van der Waals surface area contributed by atoms with Crippen LogP contribution in [0.4, 0.5) is 4.39 Å². The first-order chi connectivity index (χ1) is 14.5. The van der Waals surface area contributed by atoms with Gasteiger partial charge < -0.3 is 25.8 Å². The monoisotopic (exact) mass is 544 g/mol. The Bertz CT molecular complexity index is 851. The number of aliphatic imine (C=N–C) groups is 1. The fourth-order valence-corrected chi connectivity index (χ4v) is 2.61. The van der Waals surface area contributed by atoms with Gasteiger partial charge in [0, 0.05) is 12.6 Å². The topological polar surface area (TPSA) is 98.0 Å². The predicted octanol–water partition coefficient (Wildman–Crippen LogP) is 3.22. The third-order valence-corrected chi connectivity index (χ3v) is 4.09. The summed E-state index contributed by atoms with van der Waals surface area (Å²) in [4.78, 5) is 15.4. The Morgan fingerprint density at radius 2 is 1.87 bits per heavy atom. The lowest BCUT2D eigenvalue weighted by atomic mass is 10.2. The van der Waals surface area contributed by atoms with Crippen molar-refractivity contribution in [1.29, 1.82) is 0 Å². The number of rotatable bonds is 11. The summed E-state index contributed by atoms with van der Waals surface area (Å²) in [6.07, 6.45) is 0.614. The van der Waals surface area contributed by atoms with Gasteiger partial charge in [0.2, 0.25) is 0 Å². The molecule has 0 spiro atoms. The number of hydrogen-bond acceptors (Lipinski definition) is 4. The number of nitrogens with zero attached hydrogens (tertiary/aromatic N) is 1. The molecule has 7 nitrogen and oxygen atoms in total. The lowest BCUT2D eigenvalue weighted by Crippen LogP contribution is -2.42. The Hall–Kier alpha value is -2.56. The van der Waals surface area contributed by atoms with Gasteiger partial charge in [-0.05, 0) is 43.2 Å². The van der Waals surface area contributed by atoms with E-state index in [4.69, 9.17) is 15.2 Å². The molecule has 1 amide bonds. The molecular weight excluding hydrogens is 514 g/mol. The minimum absolute atomic E-state index is 0. The van der Waals surface area contributed by atoms with Crippen molar-refractivity contribution < 1.29 is 18.7 Å². The number of nitrogens with one attached hydrogen (secondary N) is 2. The first kappa shape index (κ1) is 26.5. The fourth-order valence-electron chi connectivity index (χ4n) is 2.61. The van der Waals surface area contributed by atoms with Crippen LogP contribution < -0.4 is 25.8 Å². The molecule has 0 aliphatic heterocycles. The number of carbonyl (C=O) groups is 1. The first-order valence-corrected chi connectivity index (χ1v) is 9.94. The molecule has 2 aromatic carbocycles. The summed E-state index contributed by atoms with van der Waals surface area (Å²) in [7, 11) is 0. The van der Waals surface area contributed by atoms with Crippen LogP contribution in [0.5, 0.6) is 11.5 Å². The van der Waals surface area contributed by atoms with Gasteiger partial charge in [-0.3, -0.25) is 4.79 Å². The molecule has 1 unspecified atom stereocenters. The summed E-state index contributed by atoms with van der Waals surface area (Å²) in [5, 5.41) is 6.45. The Morgan fingerprint density at radius 3 is 2.55 bits per heavy atom. The molecule has 4 N–H and O–H groups in total. The van der Waals surface area contributed by atoms with E-state index in [2.05, 4.69) is 15.6 Å². The molecule has 0 saturated carbocycles. The van der Waals surface area contributed by atoms with E-state index in [0.717, 1.165) is 12.0 Å². The Kier molecular flexibility index (Phi) is 12.3. The second kappa shape index (κ2) is 14.4. The number of guanidine groups is 1. The molecule has 0 saturated heterocycles. The highest BCUT2D eigenvalue weighted by Gasteiger charge is 2.10. The average Bonchev–Trinajstić information content (AvgIpc) is 2.73. The van der Waals surface area contributed by atoms with Crippen molar-refractivity contribution in [3.63, 3.8) is 0 Å². The van der Waals surface area contributed by atoms with E-state index >= 15 is 0 Å². The van der Waals surface area contributed by atoms with Gasteiger partial charge in [-0.15, -0.1) is 24.0 Å². The SMILES string of the molecule is CCNC(=NCc1cccc(OCC(N)=O)c1)NCC(CC)Oc1cccc(F)c1.I. The number of primary amides is 1. The fraction of sp³-hybridized carbons (Fsp3) is 0.364. The van der Waals surface area contributed by atoms with Gasteiger partial charge in [0.1, 0.15) is 23.4 Å². The molecular formula is C22H30FIN4O3. The standard InChI is InChI=1S/C22H29FN4O3.HI/c1-3-18(30-20-10-6-8-17(23)12-20)14-27-22(25-4-2)26-13-16-7-5-9-19(11-16)29-15-21(24)28;/h5-12,18H,3-4,13-15H2,1-2H3,(H2,24,28)(H2,25,26,27);1H. The van der Waals surface area contributed by atoms with E-state index in [0.29, 0.717) is 37.1 Å². The van der Waals surface area contributed by atoms with E-state index in [1.54, 1.807) is 18.2 Å². The number of hydrogen-bond donors (Lipinski definition) is 3. The maximum absolute atomic E-state index is 13.4.